The predicted octanol–water partition coefficient (Wildman–Crippen LogP) is 4.09. The summed E-state index contributed by atoms with van der Waals surface area (Å²) < 4.78 is 0. The Bertz CT molecular complexity index is 345. The van der Waals surface area contributed by atoms with Crippen LogP contribution in [0.15, 0.2) is 24.4 Å². The van der Waals surface area contributed by atoms with Crippen molar-refractivity contribution in [3.8, 4) is 0 Å². The normalized spacial score (nSPS) is 11.8. The average molecular weight is 230 g/mol. The Labute approximate surface area is 94.5 Å². The van der Waals surface area contributed by atoms with E-state index in [0.717, 1.165) is 24.0 Å². The Balaban J connectivity index is 3.00. The number of halogens is 2. The van der Waals surface area contributed by atoms with Crippen molar-refractivity contribution in [2.24, 2.45) is 5.73 Å². The molecule has 3 heteroatoms. The van der Waals surface area contributed by atoms with Crippen LogP contribution in [0.2, 0.25) is 10.0 Å². The first-order chi connectivity index (χ1) is 6.69. The molecule has 1 nitrogen and oxygen atoms in total. The van der Waals surface area contributed by atoms with Crippen molar-refractivity contribution in [3.05, 3.63) is 40.0 Å². The van der Waals surface area contributed by atoms with Crippen LogP contribution in [0.3, 0.4) is 0 Å². The van der Waals surface area contributed by atoms with Crippen LogP contribution >= 0.6 is 23.2 Å². The fraction of sp³-hybridized carbons (Fsp3) is 0.273. The molecule has 0 saturated carbocycles. The lowest BCUT2D eigenvalue weighted by Crippen LogP contribution is -1.89. The minimum absolute atomic E-state index is 0.569. The summed E-state index contributed by atoms with van der Waals surface area (Å²) in [6, 6.07) is 5.57. The zero-order valence-corrected chi connectivity index (χ0v) is 9.57. The summed E-state index contributed by atoms with van der Waals surface area (Å²) in [5, 5.41) is 1.14. The Kier molecular flexibility index (Phi) is 4.30. The lowest BCUT2D eigenvalue weighted by Gasteiger charge is -2.06. The van der Waals surface area contributed by atoms with Gasteiger partial charge in [0.1, 0.15) is 0 Å². The van der Waals surface area contributed by atoms with Crippen LogP contribution in [0.5, 0.6) is 0 Å². The molecule has 14 heavy (non-hydrogen) atoms. The van der Waals surface area contributed by atoms with Crippen molar-refractivity contribution in [1.29, 1.82) is 0 Å². The van der Waals surface area contributed by atoms with E-state index in [4.69, 9.17) is 28.9 Å². The fourth-order valence-corrected chi connectivity index (χ4v) is 1.59. The number of hydrogen-bond donors (Lipinski definition) is 1. The zero-order chi connectivity index (χ0) is 10.6. The van der Waals surface area contributed by atoms with Gasteiger partial charge in [-0.25, -0.2) is 0 Å². The molecule has 1 aromatic carbocycles. The summed E-state index contributed by atoms with van der Waals surface area (Å²) in [4.78, 5) is 0. The summed E-state index contributed by atoms with van der Waals surface area (Å²) in [7, 11) is 0. The highest BCUT2D eigenvalue weighted by molar-refractivity contribution is 6.42. The van der Waals surface area contributed by atoms with Gasteiger partial charge >= 0.3 is 0 Å². The number of allylic oxidation sites excluding steroid dienone is 1. The van der Waals surface area contributed by atoms with E-state index in [2.05, 4.69) is 6.92 Å². The molecule has 0 aliphatic carbocycles. The highest BCUT2D eigenvalue weighted by Gasteiger charge is 2.03. The number of hydrogen-bond acceptors (Lipinski definition) is 1. The summed E-state index contributed by atoms with van der Waals surface area (Å²) in [6.07, 6.45) is 3.64. The molecule has 0 saturated heterocycles. The van der Waals surface area contributed by atoms with Gasteiger partial charge in [0.2, 0.25) is 0 Å². The lowest BCUT2D eigenvalue weighted by atomic mass is 10.0. The zero-order valence-electron chi connectivity index (χ0n) is 8.06. The molecule has 1 aromatic rings. The van der Waals surface area contributed by atoms with Crippen molar-refractivity contribution in [1.82, 2.24) is 0 Å². The summed E-state index contributed by atoms with van der Waals surface area (Å²) in [5.74, 6) is 0. The van der Waals surface area contributed by atoms with Crippen molar-refractivity contribution >= 4 is 28.8 Å². The fourth-order valence-electron chi connectivity index (χ4n) is 1.29. The highest BCUT2D eigenvalue weighted by Crippen LogP contribution is 2.27. The van der Waals surface area contributed by atoms with E-state index < -0.39 is 0 Å². The van der Waals surface area contributed by atoms with Crippen LogP contribution in [0.1, 0.15) is 25.3 Å². The van der Waals surface area contributed by atoms with Gasteiger partial charge in [-0.15, -0.1) is 0 Å². The van der Waals surface area contributed by atoms with Gasteiger partial charge in [0.25, 0.3) is 0 Å². The van der Waals surface area contributed by atoms with Crippen LogP contribution in [-0.4, -0.2) is 0 Å². The lowest BCUT2D eigenvalue weighted by molar-refractivity contribution is 0.971. The summed E-state index contributed by atoms with van der Waals surface area (Å²) >= 11 is 11.7. The Morgan fingerprint density at radius 2 is 2.07 bits per heavy atom. The largest absolute Gasteiger partial charge is 0.404 e. The predicted molar refractivity (Wildman–Crippen MR) is 63.5 cm³/mol. The standard InChI is InChI=1S/C11H13Cl2N/c1-2-3-9(7-14)8-4-5-10(12)11(13)6-8/h4-7H,2-3,14H2,1H3. The first-order valence-corrected chi connectivity index (χ1v) is 5.30. The quantitative estimate of drug-likeness (QED) is 0.831. The Hall–Kier alpha value is -0.660. The van der Waals surface area contributed by atoms with E-state index in [9.17, 15) is 0 Å². The molecule has 0 spiro atoms. The number of benzene rings is 1. The maximum Gasteiger partial charge on any atom is 0.0598 e. The van der Waals surface area contributed by atoms with Gasteiger partial charge in [0.15, 0.2) is 0 Å². The van der Waals surface area contributed by atoms with E-state index in [-0.39, 0.29) is 0 Å². The van der Waals surface area contributed by atoms with Crippen LogP contribution < -0.4 is 5.73 Å². The van der Waals surface area contributed by atoms with Gasteiger partial charge in [-0.3, -0.25) is 0 Å². The molecule has 0 aliphatic rings. The maximum absolute atomic E-state index is 5.92. The third-order valence-corrected chi connectivity index (χ3v) is 2.75. The highest BCUT2D eigenvalue weighted by atomic mass is 35.5. The third kappa shape index (κ3) is 2.66. The van der Waals surface area contributed by atoms with E-state index in [1.807, 2.05) is 12.1 Å². The van der Waals surface area contributed by atoms with Crippen LogP contribution in [0.4, 0.5) is 0 Å². The van der Waals surface area contributed by atoms with Crippen LogP contribution in [0, 0.1) is 0 Å². The molecule has 76 valence electrons. The van der Waals surface area contributed by atoms with Gasteiger partial charge in [0.05, 0.1) is 10.0 Å². The van der Waals surface area contributed by atoms with Crippen molar-refractivity contribution < 1.29 is 0 Å². The molecule has 1 rings (SSSR count). The molecule has 0 fully saturated rings. The topological polar surface area (TPSA) is 26.0 Å². The molecule has 0 heterocycles. The van der Waals surface area contributed by atoms with E-state index >= 15 is 0 Å². The maximum atomic E-state index is 5.92. The van der Waals surface area contributed by atoms with Crippen molar-refractivity contribution in [3.63, 3.8) is 0 Å². The Morgan fingerprint density at radius 3 is 2.57 bits per heavy atom. The number of rotatable bonds is 3. The minimum atomic E-state index is 0.569. The molecular formula is C11H13Cl2N. The smallest absolute Gasteiger partial charge is 0.0598 e. The molecule has 0 aliphatic heterocycles. The first-order valence-electron chi connectivity index (χ1n) is 4.55. The van der Waals surface area contributed by atoms with E-state index in [0.29, 0.717) is 10.0 Å². The monoisotopic (exact) mass is 229 g/mol. The summed E-state index contributed by atoms with van der Waals surface area (Å²) in [5.41, 5.74) is 7.69. The minimum Gasteiger partial charge on any atom is -0.404 e. The second-order valence-electron chi connectivity index (χ2n) is 3.07. The van der Waals surface area contributed by atoms with Gasteiger partial charge < -0.3 is 5.73 Å². The molecule has 0 aromatic heterocycles. The first kappa shape index (κ1) is 11.4. The van der Waals surface area contributed by atoms with Crippen LogP contribution in [0.25, 0.3) is 5.57 Å². The van der Waals surface area contributed by atoms with Crippen molar-refractivity contribution in [2.75, 3.05) is 0 Å². The molecule has 0 unspecified atom stereocenters. The van der Waals surface area contributed by atoms with Crippen molar-refractivity contribution in [2.45, 2.75) is 19.8 Å². The van der Waals surface area contributed by atoms with Gasteiger partial charge in [-0.05, 0) is 35.9 Å². The molecule has 2 N–H and O–H groups in total. The van der Waals surface area contributed by atoms with Gasteiger partial charge in [-0.2, -0.15) is 0 Å². The third-order valence-electron chi connectivity index (χ3n) is 2.01. The molecule has 0 amide bonds. The van der Waals surface area contributed by atoms with E-state index in [1.54, 1.807) is 12.3 Å². The van der Waals surface area contributed by atoms with E-state index in [1.165, 1.54) is 0 Å². The second-order valence-corrected chi connectivity index (χ2v) is 3.89. The molecule has 0 bridgehead atoms. The van der Waals surface area contributed by atoms with Gasteiger partial charge in [0, 0.05) is 0 Å². The molecule has 0 atom stereocenters. The van der Waals surface area contributed by atoms with Crippen LogP contribution in [-0.2, 0) is 0 Å². The molecule has 0 radical (unpaired) electrons. The SMILES string of the molecule is CCCC(=CN)c1ccc(Cl)c(Cl)c1. The summed E-state index contributed by atoms with van der Waals surface area (Å²) in [6.45, 7) is 2.11. The Morgan fingerprint density at radius 1 is 1.36 bits per heavy atom. The second kappa shape index (κ2) is 5.28. The average Bonchev–Trinajstić information content (AvgIpc) is 2.19. The number of nitrogens with two attached hydrogens (primary N) is 1. The van der Waals surface area contributed by atoms with Gasteiger partial charge in [-0.1, -0.05) is 42.6 Å². The molecular weight excluding hydrogens is 217 g/mol.